The van der Waals surface area contributed by atoms with E-state index >= 15 is 0 Å². The summed E-state index contributed by atoms with van der Waals surface area (Å²) >= 11 is 0. The Morgan fingerprint density at radius 3 is 2.74 bits per heavy atom. The zero-order chi connectivity index (χ0) is 13.4. The maximum atomic E-state index is 12.3. The van der Waals surface area contributed by atoms with Gasteiger partial charge in [-0.2, -0.15) is 5.26 Å². The molecule has 19 heavy (non-hydrogen) atoms. The van der Waals surface area contributed by atoms with Crippen molar-refractivity contribution in [2.75, 3.05) is 6.61 Å². The Kier molecular flexibility index (Phi) is 2.99. The molecule has 2 fully saturated rings. The molecule has 1 aromatic heterocycles. The van der Waals surface area contributed by atoms with Crippen molar-refractivity contribution in [3.63, 3.8) is 0 Å². The maximum Gasteiger partial charge on any atom is 0.331 e. The van der Waals surface area contributed by atoms with Gasteiger partial charge in [-0.1, -0.05) is 0 Å². The number of hydrogen-bond donors (Lipinski definition) is 0. The molecule has 2 aliphatic rings. The van der Waals surface area contributed by atoms with Crippen LogP contribution in [0.2, 0.25) is 0 Å². The second-order valence-electron chi connectivity index (χ2n) is 5.13. The third kappa shape index (κ3) is 2.22. The van der Waals surface area contributed by atoms with Crippen LogP contribution in [-0.2, 0) is 11.3 Å². The van der Waals surface area contributed by atoms with Gasteiger partial charge in [0.15, 0.2) is 0 Å². The number of rotatable bonds is 3. The highest BCUT2D eigenvalue weighted by Gasteiger charge is 2.28. The molecule has 0 unspecified atom stereocenters. The predicted molar refractivity (Wildman–Crippen MR) is 66.9 cm³/mol. The molecule has 1 aromatic rings. The molecular formula is C13H15N3O3. The fourth-order valence-electron chi connectivity index (χ4n) is 2.47. The molecule has 0 spiro atoms. The van der Waals surface area contributed by atoms with Gasteiger partial charge < -0.3 is 4.74 Å². The van der Waals surface area contributed by atoms with Gasteiger partial charge in [-0.25, -0.2) is 4.79 Å². The van der Waals surface area contributed by atoms with E-state index in [4.69, 9.17) is 10.00 Å². The van der Waals surface area contributed by atoms with Crippen LogP contribution in [-0.4, -0.2) is 21.8 Å². The van der Waals surface area contributed by atoms with Crippen molar-refractivity contribution in [2.45, 2.75) is 44.4 Å². The van der Waals surface area contributed by atoms with Crippen molar-refractivity contribution < 1.29 is 4.74 Å². The predicted octanol–water partition coefficient (Wildman–Crippen LogP) is 0.396. The number of aromatic nitrogens is 2. The van der Waals surface area contributed by atoms with Crippen molar-refractivity contribution in [2.24, 2.45) is 0 Å². The van der Waals surface area contributed by atoms with E-state index in [1.54, 1.807) is 0 Å². The molecule has 1 saturated carbocycles. The summed E-state index contributed by atoms with van der Waals surface area (Å²) in [5, 5.41) is 9.01. The summed E-state index contributed by atoms with van der Waals surface area (Å²) in [6.45, 7) is 0.925. The molecular weight excluding hydrogens is 246 g/mol. The monoisotopic (exact) mass is 261 g/mol. The Morgan fingerprint density at radius 2 is 2.16 bits per heavy atom. The topological polar surface area (TPSA) is 77.0 Å². The van der Waals surface area contributed by atoms with Crippen LogP contribution in [0.4, 0.5) is 0 Å². The van der Waals surface area contributed by atoms with E-state index in [1.165, 1.54) is 10.8 Å². The van der Waals surface area contributed by atoms with Gasteiger partial charge in [0.05, 0.1) is 12.6 Å². The normalized spacial score (nSPS) is 22.4. The summed E-state index contributed by atoms with van der Waals surface area (Å²) in [6, 6.07) is 2.03. The second-order valence-corrected chi connectivity index (χ2v) is 5.13. The highest BCUT2D eigenvalue weighted by atomic mass is 16.5. The summed E-state index contributed by atoms with van der Waals surface area (Å²) in [5.41, 5.74) is -0.786. The van der Waals surface area contributed by atoms with E-state index in [2.05, 4.69) is 0 Å². The molecule has 2 heterocycles. The minimum absolute atomic E-state index is 0.0319. The summed E-state index contributed by atoms with van der Waals surface area (Å²) in [4.78, 5) is 24.4. The first-order valence-electron chi connectivity index (χ1n) is 6.58. The first-order valence-corrected chi connectivity index (χ1v) is 6.58. The van der Waals surface area contributed by atoms with Crippen molar-refractivity contribution in [1.82, 2.24) is 9.13 Å². The average molecular weight is 261 g/mol. The van der Waals surface area contributed by atoms with Crippen molar-refractivity contribution in [1.29, 1.82) is 5.26 Å². The molecule has 0 bridgehead atoms. The van der Waals surface area contributed by atoms with Crippen LogP contribution in [0.1, 0.15) is 37.3 Å². The molecule has 0 aromatic carbocycles. The molecule has 0 radical (unpaired) electrons. The Labute approximate surface area is 109 Å². The van der Waals surface area contributed by atoms with Crippen molar-refractivity contribution in [3.05, 3.63) is 32.6 Å². The zero-order valence-corrected chi connectivity index (χ0v) is 10.5. The lowest BCUT2D eigenvalue weighted by atomic mass is 10.2. The fraction of sp³-hybridized carbons (Fsp3) is 0.615. The van der Waals surface area contributed by atoms with Crippen LogP contribution >= 0.6 is 0 Å². The molecule has 0 N–H and O–H groups in total. The average Bonchev–Trinajstić information content (AvgIpc) is 3.12. The zero-order valence-electron chi connectivity index (χ0n) is 10.5. The quantitative estimate of drug-likeness (QED) is 0.789. The summed E-state index contributed by atoms with van der Waals surface area (Å²) in [7, 11) is 0. The van der Waals surface area contributed by atoms with Crippen LogP contribution in [0.3, 0.4) is 0 Å². The molecule has 1 saturated heterocycles. The Bertz CT molecular complexity index is 643. The number of nitrogens with zero attached hydrogens (tertiary/aromatic N) is 3. The van der Waals surface area contributed by atoms with Gasteiger partial charge in [-0.15, -0.1) is 0 Å². The van der Waals surface area contributed by atoms with E-state index in [-0.39, 0.29) is 29.9 Å². The first kappa shape index (κ1) is 12.2. The highest BCUT2D eigenvalue weighted by Crippen LogP contribution is 2.33. The third-order valence-corrected chi connectivity index (χ3v) is 3.67. The lowest BCUT2D eigenvalue weighted by Crippen LogP contribution is -2.43. The van der Waals surface area contributed by atoms with E-state index in [0.29, 0.717) is 6.61 Å². The van der Waals surface area contributed by atoms with E-state index in [9.17, 15) is 9.59 Å². The maximum absolute atomic E-state index is 12.3. The summed E-state index contributed by atoms with van der Waals surface area (Å²) in [6.07, 6.45) is 4.98. The Balaban J connectivity index is 2.05. The van der Waals surface area contributed by atoms with Crippen LogP contribution in [0.15, 0.2) is 15.8 Å². The lowest BCUT2D eigenvalue weighted by molar-refractivity contribution is 0.0945. The molecule has 1 aliphatic heterocycles. The van der Waals surface area contributed by atoms with Gasteiger partial charge in [-0.05, 0) is 25.7 Å². The lowest BCUT2D eigenvalue weighted by Gasteiger charge is -2.13. The smallest absolute Gasteiger partial charge is 0.331 e. The van der Waals surface area contributed by atoms with Crippen LogP contribution in [0, 0.1) is 11.3 Å². The van der Waals surface area contributed by atoms with Gasteiger partial charge in [0.2, 0.25) is 0 Å². The van der Waals surface area contributed by atoms with Gasteiger partial charge in [0, 0.05) is 18.8 Å². The Morgan fingerprint density at radius 1 is 1.37 bits per heavy atom. The molecule has 6 heteroatoms. The highest BCUT2D eigenvalue weighted by molar-refractivity contribution is 5.23. The third-order valence-electron chi connectivity index (χ3n) is 3.67. The molecule has 0 amide bonds. The van der Waals surface area contributed by atoms with E-state index < -0.39 is 5.56 Å². The van der Waals surface area contributed by atoms with Gasteiger partial charge in [0.1, 0.15) is 11.6 Å². The molecule has 3 rings (SSSR count). The molecule has 1 atom stereocenters. The van der Waals surface area contributed by atoms with Gasteiger partial charge >= 0.3 is 5.69 Å². The van der Waals surface area contributed by atoms with Gasteiger partial charge in [0.25, 0.3) is 5.56 Å². The molecule has 100 valence electrons. The van der Waals surface area contributed by atoms with Gasteiger partial charge in [-0.3, -0.25) is 13.9 Å². The standard InChI is InChI=1S/C13H15N3O3/c14-6-9-7-15(10-3-4-10)13(18)16(12(9)17)8-11-2-1-5-19-11/h7,10-11H,1-5,8H2/t11-/m1/s1. The van der Waals surface area contributed by atoms with Crippen molar-refractivity contribution >= 4 is 0 Å². The SMILES string of the molecule is N#Cc1cn(C2CC2)c(=O)n(C[C@H]2CCCO2)c1=O. The van der Waals surface area contributed by atoms with Crippen LogP contribution < -0.4 is 11.2 Å². The van der Waals surface area contributed by atoms with Crippen molar-refractivity contribution in [3.8, 4) is 6.07 Å². The minimum Gasteiger partial charge on any atom is -0.376 e. The number of ether oxygens (including phenoxy) is 1. The second kappa shape index (κ2) is 4.67. The molecule has 6 nitrogen and oxygen atoms in total. The number of hydrogen-bond acceptors (Lipinski definition) is 4. The van der Waals surface area contributed by atoms with E-state index in [1.807, 2.05) is 6.07 Å². The fourth-order valence-corrected chi connectivity index (χ4v) is 2.47. The summed E-state index contributed by atoms with van der Waals surface area (Å²) < 4.78 is 8.15. The van der Waals surface area contributed by atoms with Crippen LogP contribution in [0.25, 0.3) is 0 Å². The summed E-state index contributed by atoms with van der Waals surface area (Å²) in [5.74, 6) is 0. The molecule has 1 aliphatic carbocycles. The minimum atomic E-state index is -0.500. The largest absolute Gasteiger partial charge is 0.376 e. The first-order chi connectivity index (χ1) is 9.20. The van der Waals surface area contributed by atoms with Crippen LogP contribution in [0.5, 0.6) is 0 Å². The Hall–Kier alpha value is -1.87. The van der Waals surface area contributed by atoms with E-state index in [0.717, 1.165) is 30.3 Å². The number of nitriles is 1.